The van der Waals surface area contributed by atoms with Crippen molar-refractivity contribution >= 4 is 5.71 Å². The molecule has 0 aliphatic heterocycles. The SMILES string of the molecule is N#C[C@@H]1C(=[NH2+])C(C#N)(C#N)[C@H](c2ccc(F)c(F)c2)[C@H]2CCCC=C12. The van der Waals surface area contributed by atoms with Crippen LogP contribution in [0.2, 0.25) is 0 Å². The van der Waals surface area contributed by atoms with Gasteiger partial charge in [0.05, 0.1) is 18.2 Å². The molecule has 0 spiro atoms. The Bertz CT molecular complexity index is 883. The van der Waals surface area contributed by atoms with Crippen LogP contribution in [0.4, 0.5) is 8.78 Å². The zero-order chi connectivity index (χ0) is 18.2. The standard InChI is InChI=1S/C19H14F2N4/c20-15-6-5-11(7-16(15)21)17-13-4-2-1-3-12(13)14(8-22)18(25)19(17,9-23)10-24/h3,5-7,13-14,17,25H,1-2,4H2/p+1/t13-,14-,17+/m0/s1. The molecule has 0 amide bonds. The molecule has 6 heteroatoms. The zero-order valence-corrected chi connectivity index (χ0v) is 13.3. The summed E-state index contributed by atoms with van der Waals surface area (Å²) in [6.07, 6.45) is 4.21. The van der Waals surface area contributed by atoms with Crippen molar-refractivity contribution < 1.29 is 14.2 Å². The number of hydrogen-bond acceptors (Lipinski definition) is 3. The number of fused-ring (bicyclic) bond motifs is 1. The second-order valence-electron chi connectivity index (χ2n) is 6.44. The molecule has 0 unspecified atom stereocenters. The summed E-state index contributed by atoms with van der Waals surface area (Å²) >= 11 is 0. The van der Waals surface area contributed by atoms with Gasteiger partial charge in [-0.25, -0.2) is 8.78 Å². The van der Waals surface area contributed by atoms with Gasteiger partial charge < -0.3 is 0 Å². The average molecular weight is 337 g/mol. The zero-order valence-electron chi connectivity index (χ0n) is 13.3. The summed E-state index contributed by atoms with van der Waals surface area (Å²) in [4.78, 5) is 0. The van der Waals surface area contributed by atoms with Gasteiger partial charge in [-0.05, 0) is 48.4 Å². The van der Waals surface area contributed by atoms with E-state index >= 15 is 0 Å². The van der Waals surface area contributed by atoms with Crippen LogP contribution < -0.4 is 5.41 Å². The summed E-state index contributed by atoms with van der Waals surface area (Å²) in [5.41, 5.74) is -0.662. The Hall–Kier alpha value is -3.04. The van der Waals surface area contributed by atoms with E-state index in [2.05, 4.69) is 6.07 Å². The highest BCUT2D eigenvalue weighted by Crippen LogP contribution is 2.54. The second-order valence-corrected chi connectivity index (χ2v) is 6.44. The van der Waals surface area contributed by atoms with Crippen LogP contribution in [0.1, 0.15) is 30.7 Å². The van der Waals surface area contributed by atoms with Crippen molar-refractivity contribution in [1.29, 1.82) is 15.8 Å². The lowest BCUT2D eigenvalue weighted by Gasteiger charge is -2.43. The van der Waals surface area contributed by atoms with Crippen LogP contribution in [-0.4, -0.2) is 5.71 Å². The Balaban J connectivity index is 2.27. The molecule has 2 N–H and O–H groups in total. The van der Waals surface area contributed by atoms with Crippen molar-refractivity contribution in [3.05, 3.63) is 47.0 Å². The third-order valence-electron chi connectivity index (χ3n) is 5.28. The fraction of sp³-hybridized carbons (Fsp3) is 0.368. The predicted octanol–water partition coefficient (Wildman–Crippen LogP) is 2.16. The third-order valence-corrected chi connectivity index (χ3v) is 5.28. The van der Waals surface area contributed by atoms with Gasteiger partial charge >= 0.3 is 0 Å². The van der Waals surface area contributed by atoms with Gasteiger partial charge in [-0.3, -0.25) is 5.41 Å². The Morgan fingerprint density at radius 1 is 1.12 bits per heavy atom. The Labute approximate surface area is 144 Å². The molecule has 0 bridgehead atoms. The molecule has 1 aromatic rings. The summed E-state index contributed by atoms with van der Waals surface area (Å²) in [7, 11) is 0. The number of nitrogens with two attached hydrogens (primary N) is 1. The molecule has 0 radical (unpaired) electrons. The van der Waals surface area contributed by atoms with E-state index in [1.807, 2.05) is 18.2 Å². The highest BCUT2D eigenvalue weighted by atomic mass is 19.2. The molecule has 1 fully saturated rings. The maximum absolute atomic E-state index is 13.8. The van der Waals surface area contributed by atoms with E-state index in [0.717, 1.165) is 30.5 Å². The molecule has 3 rings (SSSR count). The van der Waals surface area contributed by atoms with Gasteiger partial charge in [0.2, 0.25) is 11.1 Å². The van der Waals surface area contributed by atoms with Crippen LogP contribution in [0.3, 0.4) is 0 Å². The van der Waals surface area contributed by atoms with Crippen molar-refractivity contribution in [2.24, 2.45) is 17.3 Å². The average Bonchev–Trinajstić information content (AvgIpc) is 2.63. The molecule has 1 saturated carbocycles. The minimum Gasteiger partial charge on any atom is -0.258 e. The minimum atomic E-state index is -1.76. The predicted molar refractivity (Wildman–Crippen MR) is 84.2 cm³/mol. The molecule has 2 aliphatic rings. The van der Waals surface area contributed by atoms with E-state index in [0.29, 0.717) is 12.0 Å². The quantitative estimate of drug-likeness (QED) is 0.795. The molecular formula is C19H15F2N4+. The Kier molecular flexibility index (Phi) is 4.11. The first-order valence-corrected chi connectivity index (χ1v) is 8.00. The monoisotopic (exact) mass is 337 g/mol. The van der Waals surface area contributed by atoms with Gasteiger partial charge in [0, 0.05) is 5.92 Å². The Morgan fingerprint density at radius 2 is 1.84 bits per heavy atom. The normalized spacial score (nSPS) is 27.2. The molecule has 0 saturated heterocycles. The third kappa shape index (κ3) is 2.32. The molecule has 0 heterocycles. The summed E-state index contributed by atoms with van der Waals surface area (Å²) in [5, 5.41) is 35.3. The number of nitriles is 3. The summed E-state index contributed by atoms with van der Waals surface area (Å²) in [6.45, 7) is 0. The van der Waals surface area contributed by atoms with E-state index in [1.165, 1.54) is 6.07 Å². The fourth-order valence-corrected chi connectivity index (χ4v) is 4.13. The lowest BCUT2D eigenvalue weighted by molar-refractivity contribution is -0.128. The number of hydrogen-bond donors (Lipinski definition) is 1. The molecule has 4 nitrogen and oxygen atoms in total. The van der Waals surface area contributed by atoms with Gasteiger partial charge in [-0.15, -0.1) is 0 Å². The van der Waals surface area contributed by atoms with Crippen LogP contribution in [0.15, 0.2) is 29.8 Å². The highest BCUT2D eigenvalue weighted by molar-refractivity contribution is 5.98. The van der Waals surface area contributed by atoms with Crippen LogP contribution in [-0.2, 0) is 0 Å². The number of benzene rings is 1. The lowest BCUT2D eigenvalue weighted by atomic mass is 9.53. The topological polar surface area (TPSA) is 97.0 Å². The maximum Gasteiger partial charge on any atom is 0.230 e. The lowest BCUT2D eigenvalue weighted by Crippen LogP contribution is -2.60. The molecule has 0 aromatic heterocycles. The first-order valence-electron chi connectivity index (χ1n) is 8.00. The second kappa shape index (κ2) is 6.11. The largest absolute Gasteiger partial charge is 0.258 e. The summed E-state index contributed by atoms with van der Waals surface area (Å²) in [6, 6.07) is 9.46. The summed E-state index contributed by atoms with van der Waals surface area (Å²) in [5.74, 6) is -3.87. The van der Waals surface area contributed by atoms with Crippen LogP contribution in [0.25, 0.3) is 0 Å². The molecule has 3 atom stereocenters. The van der Waals surface area contributed by atoms with Gasteiger partial charge in [0.25, 0.3) is 0 Å². The summed E-state index contributed by atoms with van der Waals surface area (Å²) < 4.78 is 27.2. The van der Waals surface area contributed by atoms with E-state index in [1.54, 1.807) is 0 Å². The smallest absolute Gasteiger partial charge is 0.230 e. The number of halogens is 2. The molecule has 2 aliphatic carbocycles. The minimum absolute atomic E-state index is 0.0286. The van der Waals surface area contributed by atoms with Crippen molar-refractivity contribution in [2.45, 2.75) is 25.2 Å². The van der Waals surface area contributed by atoms with Gasteiger partial charge in [0.1, 0.15) is 5.92 Å². The molecule has 25 heavy (non-hydrogen) atoms. The number of nitrogens with zero attached hydrogens (tertiary/aromatic N) is 3. The van der Waals surface area contributed by atoms with E-state index in [-0.39, 0.29) is 11.6 Å². The first kappa shape index (κ1) is 16.8. The molecule has 1 aromatic carbocycles. The van der Waals surface area contributed by atoms with Crippen LogP contribution in [0.5, 0.6) is 0 Å². The Morgan fingerprint density at radius 3 is 2.44 bits per heavy atom. The maximum atomic E-state index is 13.8. The van der Waals surface area contributed by atoms with Crippen molar-refractivity contribution in [3.8, 4) is 18.2 Å². The molecular weight excluding hydrogens is 322 g/mol. The van der Waals surface area contributed by atoms with Crippen LogP contribution >= 0.6 is 0 Å². The fourth-order valence-electron chi connectivity index (χ4n) is 4.13. The number of rotatable bonds is 1. The first-order chi connectivity index (χ1) is 12.0. The van der Waals surface area contributed by atoms with Crippen molar-refractivity contribution in [1.82, 2.24) is 0 Å². The molecule has 124 valence electrons. The van der Waals surface area contributed by atoms with Gasteiger partial charge in [0.15, 0.2) is 11.6 Å². The van der Waals surface area contributed by atoms with E-state index < -0.39 is 28.9 Å². The van der Waals surface area contributed by atoms with Crippen molar-refractivity contribution in [3.63, 3.8) is 0 Å². The highest BCUT2D eigenvalue weighted by Gasteiger charge is 2.60. The number of allylic oxidation sites excluding steroid dienone is 2. The van der Waals surface area contributed by atoms with Crippen molar-refractivity contribution in [2.75, 3.05) is 0 Å². The van der Waals surface area contributed by atoms with E-state index in [9.17, 15) is 24.6 Å². The van der Waals surface area contributed by atoms with E-state index in [4.69, 9.17) is 5.41 Å². The van der Waals surface area contributed by atoms with Gasteiger partial charge in [-0.2, -0.15) is 15.8 Å². The van der Waals surface area contributed by atoms with Crippen LogP contribution in [0, 0.1) is 62.9 Å². The van der Waals surface area contributed by atoms with Gasteiger partial charge in [-0.1, -0.05) is 12.1 Å².